The maximum absolute atomic E-state index is 14.0. The molecule has 6 rings (SSSR count). The summed E-state index contributed by atoms with van der Waals surface area (Å²) in [5.41, 5.74) is 2.02. The third-order valence-corrected chi connectivity index (χ3v) is 7.11. The van der Waals surface area contributed by atoms with Gasteiger partial charge in [0.15, 0.2) is 0 Å². The molecule has 3 fully saturated rings. The molecule has 0 aromatic carbocycles. The zero-order valence-electron chi connectivity index (χ0n) is 18.1. The van der Waals surface area contributed by atoms with E-state index in [0.29, 0.717) is 29.4 Å². The van der Waals surface area contributed by atoms with Crippen molar-refractivity contribution >= 4 is 22.6 Å². The molecule has 11 heteroatoms. The first kappa shape index (κ1) is 20.5. The van der Waals surface area contributed by atoms with Gasteiger partial charge in [-0.2, -0.15) is 10.2 Å². The number of carbonyl (C=O) groups excluding carboxylic acids is 1. The fraction of sp³-hybridized carbons (Fsp3) is 0.545. The highest BCUT2D eigenvalue weighted by Crippen LogP contribution is 2.51. The van der Waals surface area contributed by atoms with Gasteiger partial charge in [0, 0.05) is 42.6 Å². The number of alkyl halides is 2. The summed E-state index contributed by atoms with van der Waals surface area (Å²) in [4.78, 5) is 18.8. The van der Waals surface area contributed by atoms with Gasteiger partial charge in [-0.1, -0.05) is 0 Å². The average Bonchev–Trinajstić information content (AvgIpc) is 3.17. The van der Waals surface area contributed by atoms with Crippen molar-refractivity contribution in [3.05, 3.63) is 24.7 Å². The van der Waals surface area contributed by atoms with Gasteiger partial charge >= 0.3 is 6.03 Å². The van der Waals surface area contributed by atoms with Crippen LogP contribution in [0.4, 0.5) is 19.3 Å². The monoisotopic (exact) mass is 457 g/mol. The van der Waals surface area contributed by atoms with Crippen LogP contribution >= 0.6 is 0 Å². The van der Waals surface area contributed by atoms with Crippen molar-refractivity contribution in [1.82, 2.24) is 29.9 Å². The van der Waals surface area contributed by atoms with Gasteiger partial charge in [-0.05, 0) is 31.7 Å². The lowest BCUT2D eigenvalue weighted by Crippen LogP contribution is -2.54. The predicted molar refractivity (Wildman–Crippen MR) is 116 cm³/mol. The number of carbonyl (C=O) groups is 1. The van der Waals surface area contributed by atoms with Gasteiger partial charge in [0.2, 0.25) is 0 Å². The van der Waals surface area contributed by atoms with E-state index < -0.39 is 24.0 Å². The lowest BCUT2D eigenvalue weighted by molar-refractivity contribution is -0.0721. The Morgan fingerprint density at radius 2 is 2.09 bits per heavy atom. The van der Waals surface area contributed by atoms with E-state index >= 15 is 0 Å². The molecule has 2 N–H and O–H groups in total. The van der Waals surface area contributed by atoms with Crippen LogP contribution in [0.25, 0.3) is 22.3 Å². The van der Waals surface area contributed by atoms with Crippen molar-refractivity contribution in [2.24, 2.45) is 5.92 Å². The minimum atomic E-state index is -2.86. The number of hydrogen-bond acceptors (Lipinski definition) is 5. The zero-order valence-corrected chi connectivity index (χ0v) is 18.1. The van der Waals surface area contributed by atoms with Gasteiger partial charge < -0.3 is 15.0 Å². The number of aromatic nitrogens is 5. The van der Waals surface area contributed by atoms with Crippen LogP contribution in [0.5, 0.6) is 0 Å². The molecule has 3 aliphatic rings. The second kappa shape index (κ2) is 7.47. The molecule has 2 saturated heterocycles. The third-order valence-electron chi connectivity index (χ3n) is 7.11. The number of piperidine rings is 1. The molecule has 3 aromatic heterocycles. The molecular formula is C22H25F2N7O2. The second-order valence-electron chi connectivity index (χ2n) is 9.44. The molecule has 0 bridgehead atoms. The summed E-state index contributed by atoms with van der Waals surface area (Å²) in [6.07, 6.45) is 7.70. The van der Waals surface area contributed by atoms with Crippen molar-refractivity contribution in [2.75, 3.05) is 25.1 Å². The number of amides is 2. The summed E-state index contributed by atoms with van der Waals surface area (Å²) in [5.74, 6) is -2.44. The molecular weight excluding hydrogens is 432 g/mol. The van der Waals surface area contributed by atoms with Gasteiger partial charge in [0.1, 0.15) is 5.69 Å². The summed E-state index contributed by atoms with van der Waals surface area (Å²) in [6.45, 7) is 1.70. The fourth-order valence-electron chi connectivity index (χ4n) is 4.97. The number of nitrogens with zero attached hydrogens (tertiary/aromatic N) is 5. The van der Waals surface area contributed by atoms with Crippen molar-refractivity contribution in [1.29, 1.82) is 0 Å². The van der Waals surface area contributed by atoms with Crippen LogP contribution in [-0.2, 0) is 11.3 Å². The van der Waals surface area contributed by atoms with Crippen LogP contribution < -0.4 is 5.32 Å². The summed E-state index contributed by atoms with van der Waals surface area (Å²) in [7, 11) is 0. The number of fused-ring (bicyclic) bond motifs is 1. The van der Waals surface area contributed by atoms with Crippen LogP contribution in [0.1, 0.15) is 32.1 Å². The fourth-order valence-corrected chi connectivity index (χ4v) is 4.97. The number of halogens is 2. The van der Waals surface area contributed by atoms with E-state index in [1.54, 1.807) is 12.4 Å². The number of hydrogen-bond donors (Lipinski definition) is 2. The Morgan fingerprint density at radius 1 is 1.24 bits per heavy atom. The van der Waals surface area contributed by atoms with E-state index in [9.17, 15) is 13.6 Å². The molecule has 3 aromatic rings. The smallest absolute Gasteiger partial charge is 0.322 e. The Bertz CT molecular complexity index is 1200. The Labute approximate surface area is 188 Å². The highest BCUT2D eigenvalue weighted by atomic mass is 19.3. The van der Waals surface area contributed by atoms with Crippen molar-refractivity contribution < 1.29 is 18.3 Å². The maximum atomic E-state index is 14.0. The number of H-pyrrole nitrogens is 1. The van der Waals surface area contributed by atoms with Crippen molar-refractivity contribution in [3.8, 4) is 11.4 Å². The molecule has 0 radical (unpaired) electrons. The van der Waals surface area contributed by atoms with E-state index in [1.807, 2.05) is 10.7 Å². The summed E-state index contributed by atoms with van der Waals surface area (Å²) in [6, 6.07) is 1.38. The SMILES string of the molecule is O=C(Nc1cn[nH]c1-c1cc2c(cn1)cnn2C[C@H]1CCOC1)N1CC(F)(F)CCC12CC2. The number of ether oxygens (including phenoxy) is 1. The second-order valence-corrected chi connectivity index (χ2v) is 9.44. The highest BCUT2D eigenvalue weighted by Gasteiger charge is 2.57. The topological polar surface area (TPSA) is 101 Å². The third kappa shape index (κ3) is 3.73. The quantitative estimate of drug-likeness (QED) is 0.623. The first-order chi connectivity index (χ1) is 15.9. The van der Waals surface area contributed by atoms with E-state index in [1.165, 1.54) is 11.1 Å². The number of aromatic amines is 1. The molecule has 2 amide bonds. The minimum Gasteiger partial charge on any atom is -0.381 e. The largest absolute Gasteiger partial charge is 0.381 e. The molecule has 2 aliphatic heterocycles. The normalized spacial score (nSPS) is 23.3. The first-order valence-corrected chi connectivity index (χ1v) is 11.3. The van der Waals surface area contributed by atoms with Gasteiger partial charge in [-0.25, -0.2) is 13.6 Å². The molecule has 1 spiro atoms. The molecule has 0 unspecified atom stereocenters. The van der Waals surface area contributed by atoms with Crippen LogP contribution in [0.3, 0.4) is 0 Å². The lowest BCUT2D eigenvalue weighted by Gasteiger charge is -2.40. The number of rotatable bonds is 4. The first-order valence-electron chi connectivity index (χ1n) is 11.3. The number of urea groups is 1. The highest BCUT2D eigenvalue weighted by molar-refractivity contribution is 5.94. The Morgan fingerprint density at radius 3 is 2.88 bits per heavy atom. The van der Waals surface area contributed by atoms with E-state index in [0.717, 1.165) is 49.9 Å². The molecule has 1 saturated carbocycles. The van der Waals surface area contributed by atoms with Gasteiger partial charge in [0.25, 0.3) is 5.92 Å². The summed E-state index contributed by atoms with van der Waals surface area (Å²) < 4.78 is 35.5. The van der Waals surface area contributed by atoms with E-state index in [-0.39, 0.29) is 6.42 Å². The lowest BCUT2D eigenvalue weighted by atomic mass is 9.97. The number of anilines is 1. The molecule has 9 nitrogen and oxygen atoms in total. The van der Waals surface area contributed by atoms with E-state index in [2.05, 4.69) is 25.6 Å². The molecule has 33 heavy (non-hydrogen) atoms. The van der Waals surface area contributed by atoms with Gasteiger partial charge in [-0.3, -0.25) is 14.8 Å². The van der Waals surface area contributed by atoms with Crippen LogP contribution in [-0.4, -0.2) is 67.1 Å². The molecule has 1 aliphatic carbocycles. The number of likely N-dealkylation sites (tertiary alicyclic amines) is 1. The van der Waals surface area contributed by atoms with Crippen LogP contribution in [0, 0.1) is 5.92 Å². The predicted octanol–water partition coefficient (Wildman–Crippen LogP) is 3.65. The minimum absolute atomic E-state index is 0.168. The van der Waals surface area contributed by atoms with E-state index in [4.69, 9.17) is 4.74 Å². The van der Waals surface area contributed by atoms with Gasteiger partial charge in [0.05, 0.1) is 42.4 Å². The number of nitrogens with one attached hydrogen (secondary N) is 2. The maximum Gasteiger partial charge on any atom is 0.322 e. The Hall–Kier alpha value is -3.08. The summed E-state index contributed by atoms with van der Waals surface area (Å²) >= 11 is 0. The van der Waals surface area contributed by atoms with Gasteiger partial charge in [-0.15, -0.1) is 0 Å². The standard InChI is InChI=1S/C22H25F2N7O2/c23-22(24)5-4-21(2-3-21)30(13-22)20(32)28-17-10-26-29-19(17)16-7-18-15(8-25-16)9-27-31(18)11-14-1-6-33-12-14/h7-10,14H,1-6,11-13H2,(H,26,29)(H,28,32)/t14-/m1/s1. The Balaban J connectivity index is 1.25. The Kier molecular flexibility index (Phi) is 4.65. The average molecular weight is 457 g/mol. The molecule has 1 atom stereocenters. The van der Waals surface area contributed by atoms with Crippen LogP contribution in [0.15, 0.2) is 24.7 Å². The number of pyridine rings is 1. The summed E-state index contributed by atoms with van der Waals surface area (Å²) in [5, 5.41) is 15.2. The zero-order chi connectivity index (χ0) is 22.6. The molecule has 174 valence electrons. The van der Waals surface area contributed by atoms with Crippen LogP contribution in [0.2, 0.25) is 0 Å². The van der Waals surface area contributed by atoms with Crippen molar-refractivity contribution in [2.45, 2.75) is 50.1 Å². The molecule has 5 heterocycles. The van der Waals surface area contributed by atoms with Crippen molar-refractivity contribution in [3.63, 3.8) is 0 Å².